The van der Waals surface area contributed by atoms with Gasteiger partial charge in [-0.25, -0.2) is 0 Å². The van der Waals surface area contributed by atoms with E-state index in [4.69, 9.17) is 18.6 Å². The Morgan fingerprint density at radius 2 is 2.11 bits per heavy atom. The Kier molecular flexibility index (Phi) is 6.98. The smallest absolute Gasteiger partial charge is 0.276 e. The van der Waals surface area contributed by atoms with Crippen molar-refractivity contribution < 1.29 is 23.5 Å². The minimum Gasteiger partial charge on any atom is -0.497 e. The zero-order chi connectivity index (χ0) is 19.2. The Labute approximate surface area is 164 Å². The van der Waals surface area contributed by atoms with Crippen LogP contribution in [-0.4, -0.2) is 62.5 Å². The molecule has 1 fully saturated rings. The van der Waals surface area contributed by atoms with E-state index in [1.165, 1.54) is 6.54 Å². The summed E-state index contributed by atoms with van der Waals surface area (Å²) in [6, 6.07) is 5.50. The Balaban J connectivity index is 1.60. The molecule has 148 valence electrons. The third-order valence-corrected chi connectivity index (χ3v) is 5.41. The van der Waals surface area contributed by atoms with Crippen molar-refractivity contribution in [1.29, 1.82) is 0 Å². The Morgan fingerprint density at radius 1 is 1.26 bits per heavy atom. The predicted octanol–water partition coefficient (Wildman–Crippen LogP) is 1.79. The molecule has 0 spiro atoms. The fourth-order valence-electron chi connectivity index (χ4n) is 3.24. The Bertz CT molecular complexity index is 737. The van der Waals surface area contributed by atoms with E-state index in [1.54, 1.807) is 36.9 Å². The number of thioether (sulfide) groups is 1. The van der Waals surface area contributed by atoms with Crippen LogP contribution in [0.1, 0.15) is 13.8 Å². The lowest BCUT2D eigenvalue weighted by Gasteiger charge is -2.30. The Hall–Kier alpha value is -1.77. The first kappa shape index (κ1) is 20.0. The maximum absolute atomic E-state index is 5.90. The summed E-state index contributed by atoms with van der Waals surface area (Å²) in [7, 11) is 3.23. The van der Waals surface area contributed by atoms with Gasteiger partial charge in [-0.1, -0.05) is 25.6 Å². The van der Waals surface area contributed by atoms with Gasteiger partial charge in [0.25, 0.3) is 11.1 Å². The third kappa shape index (κ3) is 5.37. The quantitative estimate of drug-likeness (QED) is 0.685. The highest BCUT2D eigenvalue weighted by Crippen LogP contribution is 2.33. The van der Waals surface area contributed by atoms with Gasteiger partial charge in [0.05, 0.1) is 32.9 Å². The SMILES string of the molecule is COc1ccc(-c2nnc(SC[C@@H]3C[NH+](CC(C)C)CCO3)o2)c(OC)c1. The molecule has 0 aliphatic carbocycles. The molecule has 27 heavy (non-hydrogen) atoms. The summed E-state index contributed by atoms with van der Waals surface area (Å²) in [5, 5.41) is 8.87. The number of benzene rings is 1. The van der Waals surface area contributed by atoms with E-state index < -0.39 is 0 Å². The highest BCUT2D eigenvalue weighted by molar-refractivity contribution is 7.99. The van der Waals surface area contributed by atoms with Crippen molar-refractivity contribution in [3.63, 3.8) is 0 Å². The van der Waals surface area contributed by atoms with Gasteiger partial charge in [0.2, 0.25) is 0 Å². The summed E-state index contributed by atoms with van der Waals surface area (Å²) in [4.78, 5) is 1.61. The molecule has 7 nitrogen and oxygen atoms in total. The largest absolute Gasteiger partial charge is 0.497 e. The molecule has 1 N–H and O–H groups in total. The summed E-state index contributed by atoms with van der Waals surface area (Å²) in [5.41, 5.74) is 0.749. The van der Waals surface area contributed by atoms with E-state index in [0.717, 1.165) is 31.0 Å². The minimum atomic E-state index is 0.211. The number of hydrogen-bond acceptors (Lipinski definition) is 7. The molecule has 0 amide bonds. The van der Waals surface area contributed by atoms with Gasteiger partial charge in [-0.3, -0.25) is 0 Å². The topological polar surface area (TPSA) is 71.1 Å². The molecule has 1 saturated heterocycles. The number of rotatable bonds is 8. The van der Waals surface area contributed by atoms with E-state index in [2.05, 4.69) is 24.0 Å². The summed E-state index contributed by atoms with van der Waals surface area (Å²) in [6.07, 6.45) is 0.211. The molecule has 8 heteroatoms. The monoisotopic (exact) mass is 394 g/mol. The number of aromatic nitrogens is 2. The molecule has 2 aromatic rings. The zero-order valence-electron chi connectivity index (χ0n) is 16.4. The van der Waals surface area contributed by atoms with Crippen LogP contribution in [0.2, 0.25) is 0 Å². The number of nitrogens with zero attached hydrogens (tertiary/aromatic N) is 2. The summed E-state index contributed by atoms with van der Waals surface area (Å²) in [6.45, 7) is 8.64. The number of methoxy groups -OCH3 is 2. The maximum Gasteiger partial charge on any atom is 0.276 e. The van der Waals surface area contributed by atoms with Crippen molar-refractivity contribution in [2.24, 2.45) is 5.92 Å². The molecule has 2 atom stereocenters. The van der Waals surface area contributed by atoms with Gasteiger partial charge in [0, 0.05) is 17.7 Å². The van der Waals surface area contributed by atoms with Crippen molar-refractivity contribution in [2.75, 3.05) is 46.2 Å². The standard InChI is InChI=1S/C19H27N3O4S/c1-13(2)10-22-7-8-25-15(11-22)12-27-19-21-20-18(26-19)16-6-5-14(23-3)9-17(16)24-4/h5-6,9,13,15H,7-8,10-12H2,1-4H3/p+1/t15-/m0/s1. The van der Waals surface area contributed by atoms with Gasteiger partial charge in [-0.2, -0.15) is 0 Å². The first-order chi connectivity index (χ1) is 13.1. The van der Waals surface area contributed by atoms with Crippen molar-refractivity contribution in [3.8, 4) is 23.0 Å². The van der Waals surface area contributed by atoms with E-state index in [1.807, 2.05) is 12.1 Å². The highest BCUT2D eigenvalue weighted by Gasteiger charge is 2.25. The van der Waals surface area contributed by atoms with Crippen LogP contribution in [0.4, 0.5) is 0 Å². The Morgan fingerprint density at radius 3 is 2.85 bits per heavy atom. The normalized spacial score (nSPS) is 20.0. The molecule has 3 rings (SSSR count). The van der Waals surface area contributed by atoms with E-state index >= 15 is 0 Å². The zero-order valence-corrected chi connectivity index (χ0v) is 17.2. The second kappa shape index (κ2) is 9.43. The molecule has 0 saturated carbocycles. The fourth-order valence-corrected chi connectivity index (χ4v) is 4.02. The molecule has 1 aromatic heterocycles. The van der Waals surface area contributed by atoms with Crippen LogP contribution in [0.15, 0.2) is 27.8 Å². The van der Waals surface area contributed by atoms with Gasteiger partial charge in [-0.15, -0.1) is 10.2 Å². The molecule has 1 unspecified atom stereocenters. The second-order valence-electron chi connectivity index (χ2n) is 7.05. The summed E-state index contributed by atoms with van der Waals surface area (Å²) in [5.74, 6) is 3.30. The van der Waals surface area contributed by atoms with Crippen molar-refractivity contribution in [3.05, 3.63) is 18.2 Å². The van der Waals surface area contributed by atoms with Crippen molar-refractivity contribution >= 4 is 11.8 Å². The average molecular weight is 395 g/mol. The number of nitrogens with one attached hydrogen (secondary N) is 1. The lowest BCUT2D eigenvalue weighted by atomic mass is 10.2. The van der Waals surface area contributed by atoms with Gasteiger partial charge in [-0.05, 0) is 12.1 Å². The van der Waals surface area contributed by atoms with Crippen molar-refractivity contribution in [1.82, 2.24) is 10.2 Å². The van der Waals surface area contributed by atoms with Gasteiger partial charge in [0.15, 0.2) is 0 Å². The number of hydrogen-bond donors (Lipinski definition) is 1. The lowest BCUT2D eigenvalue weighted by Crippen LogP contribution is -3.15. The lowest BCUT2D eigenvalue weighted by molar-refractivity contribution is -0.914. The predicted molar refractivity (Wildman–Crippen MR) is 104 cm³/mol. The van der Waals surface area contributed by atoms with Crippen LogP contribution in [0.3, 0.4) is 0 Å². The summed E-state index contributed by atoms with van der Waals surface area (Å²) < 4.78 is 22.4. The van der Waals surface area contributed by atoms with Crippen LogP contribution in [0.25, 0.3) is 11.5 Å². The molecule has 0 bridgehead atoms. The van der Waals surface area contributed by atoms with E-state index in [0.29, 0.717) is 28.5 Å². The van der Waals surface area contributed by atoms with Crippen LogP contribution in [0.5, 0.6) is 11.5 Å². The molecule has 1 aliphatic heterocycles. The number of quaternary nitrogens is 1. The molecular formula is C19H28N3O4S+. The van der Waals surface area contributed by atoms with Crippen LogP contribution < -0.4 is 14.4 Å². The van der Waals surface area contributed by atoms with Crippen molar-refractivity contribution in [2.45, 2.75) is 25.2 Å². The van der Waals surface area contributed by atoms with Gasteiger partial charge < -0.3 is 23.5 Å². The molecular weight excluding hydrogens is 366 g/mol. The molecule has 2 heterocycles. The summed E-state index contributed by atoms with van der Waals surface area (Å²) >= 11 is 1.54. The second-order valence-corrected chi connectivity index (χ2v) is 8.02. The fraction of sp³-hybridized carbons (Fsp3) is 0.579. The first-order valence-corrected chi connectivity index (χ1v) is 10.2. The van der Waals surface area contributed by atoms with E-state index in [-0.39, 0.29) is 6.10 Å². The van der Waals surface area contributed by atoms with Crippen LogP contribution >= 0.6 is 11.8 Å². The highest BCUT2D eigenvalue weighted by atomic mass is 32.2. The number of morpholine rings is 1. The van der Waals surface area contributed by atoms with E-state index in [9.17, 15) is 0 Å². The maximum atomic E-state index is 5.90. The molecule has 0 radical (unpaired) electrons. The van der Waals surface area contributed by atoms with Gasteiger partial charge >= 0.3 is 0 Å². The van der Waals surface area contributed by atoms with Crippen LogP contribution in [-0.2, 0) is 4.74 Å². The average Bonchev–Trinajstić information content (AvgIpc) is 3.14. The first-order valence-electron chi connectivity index (χ1n) is 9.23. The number of ether oxygens (including phenoxy) is 3. The molecule has 1 aromatic carbocycles. The van der Waals surface area contributed by atoms with Crippen LogP contribution in [0, 0.1) is 5.92 Å². The third-order valence-electron chi connectivity index (χ3n) is 4.46. The minimum absolute atomic E-state index is 0.211. The molecule has 1 aliphatic rings. The van der Waals surface area contributed by atoms with Gasteiger partial charge in [0.1, 0.15) is 30.7 Å².